The highest BCUT2D eigenvalue weighted by molar-refractivity contribution is 5.44. The minimum Gasteiger partial charge on any atom is -0.490 e. The molecule has 0 aromatic heterocycles. The topological polar surface area (TPSA) is 53.7 Å². The maximum Gasteiger partial charge on any atom is 0.161 e. The molecule has 1 aromatic rings. The molecule has 2 rings (SSSR count). The van der Waals surface area contributed by atoms with E-state index in [2.05, 4.69) is 0 Å². The third-order valence-electron chi connectivity index (χ3n) is 2.83. The standard InChI is InChI=1S/C13H19NO3/c1-15-8-5-11(14)10-3-4-12-13(9-10)17-7-2-6-16-12/h3-4,9,11H,2,5-8,14H2,1H3. The normalized spacial score (nSPS) is 16.4. The molecule has 0 radical (unpaired) electrons. The van der Waals surface area contributed by atoms with Gasteiger partial charge in [-0.3, -0.25) is 0 Å². The number of rotatable bonds is 4. The summed E-state index contributed by atoms with van der Waals surface area (Å²) in [4.78, 5) is 0. The van der Waals surface area contributed by atoms with Gasteiger partial charge < -0.3 is 19.9 Å². The van der Waals surface area contributed by atoms with Gasteiger partial charge in [-0.05, 0) is 24.1 Å². The van der Waals surface area contributed by atoms with E-state index in [0.29, 0.717) is 19.8 Å². The van der Waals surface area contributed by atoms with E-state index >= 15 is 0 Å². The molecule has 4 heteroatoms. The van der Waals surface area contributed by atoms with Gasteiger partial charge in [-0.15, -0.1) is 0 Å². The van der Waals surface area contributed by atoms with Crippen LogP contribution in [0.4, 0.5) is 0 Å². The molecule has 1 unspecified atom stereocenters. The lowest BCUT2D eigenvalue weighted by Gasteiger charge is -2.14. The summed E-state index contributed by atoms with van der Waals surface area (Å²) in [7, 11) is 1.68. The highest BCUT2D eigenvalue weighted by Gasteiger charge is 2.13. The van der Waals surface area contributed by atoms with Crippen molar-refractivity contribution in [2.24, 2.45) is 5.73 Å². The van der Waals surface area contributed by atoms with Crippen molar-refractivity contribution in [1.29, 1.82) is 0 Å². The molecule has 1 aromatic carbocycles. The van der Waals surface area contributed by atoms with Crippen LogP contribution >= 0.6 is 0 Å². The second-order valence-corrected chi connectivity index (χ2v) is 4.14. The maximum atomic E-state index is 6.08. The number of fused-ring (bicyclic) bond motifs is 1. The summed E-state index contributed by atoms with van der Waals surface area (Å²) in [5, 5.41) is 0. The monoisotopic (exact) mass is 237 g/mol. The van der Waals surface area contributed by atoms with Crippen LogP contribution in [0.5, 0.6) is 11.5 Å². The fourth-order valence-electron chi connectivity index (χ4n) is 1.82. The van der Waals surface area contributed by atoms with Crippen molar-refractivity contribution < 1.29 is 14.2 Å². The first-order chi connectivity index (χ1) is 8.31. The number of hydrogen-bond donors (Lipinski definition) is 1. The van der Waals surface area contributed by atoms with E-state index in [1.54, 1.807) is 7.11 Å². The Hall–Kier alpha value is -1.26. The zero-order chi connectivity index (χ0) is 12.1. The third kappa shape index (κ3) is 3.11. The molecule has 94 valence electrons. The molecule has 0 spiro atoms. The molecular formula is C13H19NO3. The van der Waals surface area contributed by atoms with E-state index in [9.17, 15) is 0 Å². The van der Waals surface area contributed by atoms with Gasteiger partial charge in [0.05, 0.1) is 13.2 Å². The molecular weight excluding hydrogens is 218 g/mol. The highest BCUT2D eigenvalue weighted by Crippen LogP contribution is 2.32. The Bertz CT molecular complexity index is 368. The van der Waals surface area contributed by atoms with Crippen molar-refractivity contribution in [2.75, 3.05) is 26.9 Å². The Morgan fingerprint density at radius 2 is 2.06 bits per heavy atom. The fraction of sp³-hybridized carbons (Fsp3) is 0.538. The number of benzene rings is 1. The van der Waals surface area contributed by atoms with Crippen LogP contribution in [0.25, 0.3) is 0 Å². The third-order valence-corrected chi connectivity index (χ3v) is 2.83. The second kappa shape index (κ2) is 5.89. The average molecular weight is 237 g/mol. The predicted octanol–water partition coefficient (Wildman–Crippen LogP) is 1.88. The first-order valence-corrected chi connectivity index (χ1v) is 5.95. The van der Waals surface area contributed by atoms with Crippen molar-refractivity contribution in [3.05, 3.63) is 23.8 Å². The SMILES string of the molecule is COCCC(N)c1ccc2c(c1)OCCCO2. The fourth-order valence-corrected chi connectivity index (χ4v) is 1.82. The lowest BCUT2D eigenvalue weighted by Crippen LogP contribution is -2.12. The molecule has 0 bridgehead atoms. The quantitative estimate of drug-likeness (QED) is 0.868. The number of hydrogen-bond acceptors (Lipinski definition) is 4. The summed E-state index contributed by atoms with van der Waals surface area (Å²) >= 11 is 0. The average Bonchev–Trinajstić information content (AvgIpc) is 2.60. The Morgan fingerprint density at radius 1 is 1.29 bits per heavy atom. The summed E-state index contributed by atoms with van der Waals surface area (Å²) in [5.41, 5.74) is 7.14. The van der Waals surface area contributed by atoms with Crippen LogP contribution in [0.3, 0.4) is 0 Å². The van der Waals surface area contributed by atoms with Gasteiger partial charge >= 0.3 is 0 Å². The zero-order valence-electron chi connectivity index (χ0n) is 10.1. The lowest BCUT2D eigenvalue weighted by atomic mass is 10.0. The van der Waals surface area contributed by atoms with E-state index in [0.717, 1.165) is 29.9 Å². The van der Waals surface area contributed by atoms with Crippen molar-refractivity contribution in [3.8, 4) is 11.5 Å². The zero-order valence-corrected chi connectivity index (χ0v) is 10.1. The first-order valence-electron chi connectivity index (χ1n) is 5.95. The van der Waals surface area contributed by atoms with Gasteiger partial charge in [0.1, 0.15) is 0 Å². The first kappa shape index (κ1) is 12.2. The Labute approximate surface area is 102 Å². The van der Waals surface area contributed by atoms with Gasteiger partial charge in [0.15, 0.2) is 11.5 Å². The van der Waals surface area contributed by atoms with Gasteiger partial charge in [-0.25, -0.2) is 0 Å². The van der Waals surface area contributed by atoms with E-state index in [1.165, 1.54) is 0 Å². The molecule has 17 heavy (non-hydrogen) atoms. The molecule has 1 aliphatic rings. The molecule has 1 aliphatic heterocycles. The lowest BCUT2D eigenvalue weighted by molar-refractivity contribution is 0.188. The minimum atomic E-state index is -0.0212. The van der Waals surface area contributed by atoms with E-state index < -0.39 is 0 Å². The molecule has 0 saturated carbocycles. The summed E-state index contributed by atoms with van der Waals surface area (Å²) in [6, 6.07) is 5.88. The molecule has 0 aliphatic carbocycles. The van der Waals surface area contributed by atoms with E-state index in [-0.39, 0.29) is 6.04 Å². The smallest absolute Gasteiger partial charge is 0.161 e. The van der Waals surface area contributed by atoms with Gasteiger partial charge in [-0.1, -0.05) is 6.07 Å². The van der Waals surface area contributed by atoms with Crippen LogP contribution in [0.1, 0.15) is 24.4 Å². The minimum absolute atomic E-state index is 0.0212. The van der Waals surface area contributed by atoms with Gasteiger partial charge in [0.2, 0.25) is 0 Å². The van der Waals surface area contributed by atoms with Crippen LogP contribution < -0.4 is 15.2 Å². The van der Waals surface area contributed by atoms with Crippen molar-refractivity contribution in [3.63, 3.8) is 0 Å². The molecule has 0 fully saturated rings. The molecule has 1 atom stereocenters. The van der Waals surface area contributed by atoms with Crippen LogP contribution in [0, 0.1) is 0 Å². The van der Waals surface area contributed by atoms with Crippen molar-refractivity contribution in [2.45, 2.75) is 18.9 Å². The van der Waals surface area contributed by atoms with Gasteiger partial charge in [-0.2, -0.15) is 0 Å². The largest absolute Gasteiger partial charge is 0.490 e. The van der Waals surface area contributed by atoms with Crippen LogP contribution in [-0.2, 0) is 4.74 Å². The van der Waals surface area contributed by atoms with Crippen LogP contribution in [-0.4, -0.2) is 26.9 Å². The Kier molecular flexibility index (Phi) is 4.23. The Morgan fingerprint density at radius 3 is 2.82 bits per heavy atom. The van der Waals surface area contributed by atoms with E-state index in [1.807, 2.05) is 18.2 Å². The molecule has 0 saturated heterocycles. The van der Waals surface area contributed by atoms with Crippen molar-refractivity contribution >= 4 is 0 Å². The predicted molar refractivity (Wildman–Crippen MR) is 65.5 cm³/mol. The number of methoxy groups -OCH3 is 1. The second-order valence-electron chi connectivity index (χ2n) is 4.14. The van der Waals surface area contributed by atoms with Crippen molar-refractivity contribution in [1.82, 2.24) is 0 Å². The van der Waals surface area contributed by atoms with Crippen LogP contribution in [0.2, 0.25) is 0 Å². The van der Waals surface area contributed by atoms with Gasteiger partial charge in [0.25, 0.3) is 0 Å². The molecule has 4 nitrogen and oxygen atoms in total. The molecule has 1 heterocycles. The molecule has 2 N–H and O–H groups in total. The number of nitrogens with two attached hydrogens (primary N) is 1. The number of ether oxygens (including phenoxy) is 3. The summed E-state index contributed by atoms with van der Waals surface area (Å²) in [6.45, 7) is 2.07. The summed E-state index contributed by atoms with van der Waals surface area (Å²) in [5.74, 6) is 1.61. The molecule has 0 amide bonds. The summed E-state index contributed by atoms with van der Waals surface area (Å²) in [6.07, 6.45) is 1.72. The Balaban J connectivity index is 2.11. The highest BCUT2D eigenvalue weighted by atomic mass is 16.5. The van der Waals surface area contributed by atoms with Gasteiger partial charge in [0, 0.05) is 26.2 Å². The summed E-state index contributed by atoms with van der Waals surface area (Å²) < 4.78 is 16.2. The van der Waals surface area contributed by atoms with Crippen LogP contribution in [0.15, 0.2) is 18.2 Å². The maximum absolute atomic E-state index is 6.08. The van der Waals surface area contributed by atoms with E-state index in [4.69, 9.17) is 19.9 Å².